The molecular formula is C8H16N4O2. The summed E-state index contributed by atoms with van der Waals surface area (Å²) in [6.45, 7) is 1.93. The van der Waals surface area contributed by atoms with E-state index in [1.807, 2.05) is 6.92 Å². The van der Waals surface area contributed by atoms with Gasteiger partial charge in [-0.15, -0.1) is 0 Å². The maximum absolute atomic E-state index is 11.6. The second-order valence-electron chi connectivity index (χ2n) is 3.61. The number of primary amides is 1. The standard InChI is InChI=1S/C8H16N4O2/c1-5-4-6(10-7(9)13)12(3)8(14)11(5)2/h5-6H,4H2,1-3H3,(H3,9,10,13)/t5?,6-/m1/s1. The van der Waals surface area contributed by atoms with E-state index in [4.69, 9.17) is 5.73 Å². The van der Waals surface area contributed by atoms with Crippen LogP contribution in [0, 0.1) is 0 Å². The van der Waals surface area contributed by atoms with Gasteiger partial charge in [-0.05, 0) is 6.92 Å². The van der Waals surface area contributed by atoms with Gasteiger partial charge in [0.1, 0.15) is 6.17 Å². The average molecular weight is 200 g/mol. The maximum atomic E-state index is 11.6. The summed E-state index contributed by atoms with van der Waals surface area (Å²) < 4.78 is 0. The van der Waals surface area contributed by atoms with Crippen LogP contribution in [0.5, 0.6) is 0 Å². The van der Waals surface area contributed by atoms with E-state index in [2.05, 4.69) is 5.32 Å². The van der Waals surface area contributed by atoms with Gasteiger partial charge in [0, 0.05) is 26.6 Å². The third-order valence-electron chi connectivity index (χ3n) is 2.61. The van der Waals surface area contributed by atoms with E-state index >= 15 is 0 Å². The first kappa shape index (κ1) is 10.6. The lowest BCUT2D eigenvalue weighted by Crippen LogP contribution is -2.61. The topological polar surface area (TPSA) is 78.7 Å². The van der Waals surface area contributed by atoms with Crippen LogP contribution in [0.25, 0.3) is 0 Å². The maximum Gasteiger partial charge on any atom is 0.321 e. The quantitative estimate of drug-likeness (QED) is 0.612. The van der Waals surface area contributed by atoms with Crippen LogP contribution in [0.4, 0.5) is 9.59 Å². The Morgan fingerprint density at radius 3 is 2.57 bits per heavy atom. The molecule has 0 spiro atoms. The Morgan fingerprint density at radius 2 is 2.07 bits per heavy atom. The third-order valence-corrected chi connectivity index (χ3v) is 2.61. The van der Waals surface area contributed by atoms with E-state index in [0.29, 0.717) is 6.42 Å². The number of nitrogens with zero attached hydrogens (tertiary/aromatic N) is 2. The highest BCUT2D eigenvalue weighted by Gasteiger charge is 2.33. The van der Waals surface area contributed by atoms with Gasteiger partial charge >= 0.3 is 12.1 Å². The van der Waals surface area contributed by atoms with Crippen molar-refractivity contribution >= 4 is 12.1 Å². The average Bonchev–Trinajstić information content (AvgIpc) is 2.10. The largest absolute Gasteiger partial charge is 0.352 e. The fourth-order valence-corrected chi connectivity index (χ4v) is 1.53. The molecule has 6 heteroatoms. The first-order valence-electron chi connectivity index (χ1n) is 4.49. The van der Waals surface area contributed by atoms with E-state index in [-0.39, 0.29) is 18.2 Å². The Labute approximate surface area is 83.0 Å². The van der Waals surface area contributed by atoms with Crippen LogP contribution in [0.1, 0.15) is 13.3 Å². The summed E-state index contributed by atoms with van der Waals surface area (Å²) in [5.41, 5.74) is 5.01. The molecule has 1 rings (SSSR count). The van der Waals surface area contributed by atoms with Crippen LogP contribution in [0.2, 0.25) is 0 Å². The van der Waals surface area contributed by atoms with Crippen molar-refractivity contribution in [2.75, 3.05) is 14.1 Å². The number of nitrogens with one attached hydrogen (secondary N) is 1. The fraction of sp³-hybridized carbons (Fsp3) is 0.750. The van der Waals surface area contributed by atoms with Crippen molar-refractivity contribution in [3.8, 4) is 0 Å². The van der Waals surface area contributed by atoms with Crippen LogP contribution >= 0.6 is 0 Å². The minimum absolute atomic E-state index is 0.107. The Kier molecular flexibility index (Phi) is 2.83. The molecule has 1 aliphatic rings. The minimum atomic E-state index is -0.605. The van der Waals surface area contributed by atoms with Gasteiger partial charge < -0.3 is 20.9 Å². The SMILES string of the molecule is CC1C[C@H](NC(N)=O)N(C)C(=O)N1C. The molecule has 0 bridgehead atoms. The molecule has 6 nitrogen and oxygen atoms in total. The summed E-state index contributed by atoms with van der Waals surface area (Å²) in [7, 11) is 3.38. The summed E-state index contributed by atoms with van der Waals surface area (Å²) in [4.78, 5) is 25.4. The van der Waals surface area contributed by atoms with Crippen LogP contribution in [-0.2, 0) is 0 Å². The van der Waals surface area contributed by atoms with Gasteiger partial charge in [0.2, 0.25) is 0 Å². The lowest BCUT2D eigenvalue weighted by Gasteiger charge is -2.41. The fourth-order valence-electron chi connectivity index (χ4n) is 1.53. The van der Waals surface area contributed by atoms with Crippen LogP contribution in [0.15, 0.2) is 0 Å². The van der Waals surface area contributed by atoms with Gasteiger partial charge in [-0.3, -0.25) is 0 Å². The molecule has 0 saturated carbocycles. The molecule has 2 atom stereocenters. The van der Waals surface area contributed by atoms with E-state index in [1.165, 1.54) is 4.90 Å². The molecule has 14 heavy (non-hydrogen) atoms. The Hall–Kier alpha value is -1.46. The summed E-state index contributed by atoms with van der Waals surface area (Å²) in [5, 5.41) is 2.53. The molecule has 1 saturated heterocycles. The van der Waals surface area contributed by atoms with Crippen LogP contribution in [-0.4, -0.2) is 48.2 Å². The van der Waals surface area contributed by atoms with Crippen LogP contribution in [0.3, 0.4) is 0 Å². The Bertz CT molecular complexity index is 256. The van der Waals surface area contributed by atoms with E-state index < -0.39 is 6.03 Å². The zero-order chi connectivity index (χ0) is 10.9. The second-order valence-corrected chi connectivity index (χ2v) is 3.61. The highest BCUT2D eigenvalue weighted by Crippen LogP contribution is 2.16. The first-order chi connectivity index (χ1) is 6.43. The van der Waals surface area contributed by atoms with Crippen molar-refractivity contribution in [2.45, 2.75) is 25.6 Å². The van der Waals surface area contributed by atoms with Gasteiger partial charge in [-0.1, -0.05) is 0 Å². The number of carbonyl (C=O) groups is 2. The molecule has 1 unspecified atom stereocenters. The highest BCUT2D eigenvalue weighted by molar-refractivity contribution is 5.77. The number of hydrogen-bond acceptors (Lipinski definition) is 2. The molecule has 1 heterocycles. The van der Waals surface area contributed by atoms with Gasteiger partial charge in [0.15, 0.2) is 0 Å². The molecule has 3 N–H and O–H groups in total. The molecule has 0 aliphatic carbocycles. The number of urea groups is 2. The highest BCUT2D eigenvalue weighted by atomic mass is 16.2. The van der Waals surface area contributed by atoms with Crippen molar-refractivity contribution in [1.82, 2.24) is 15.1 Å². The predicted octanol–water partition coefficient (Wildman–Crippen LogP) is -0.243. The van der Waals surface area contributed by atoms with Gasteiger partial charge in [-0.25, -0.2) is 9.59 Å². The van der Waals surface area contributed by atoms with Crippen molar-refractivity contribution in [2.24, 2.45) is 5.73 Å². The van der Waals surface area contributed by atoms with Crippen molar-refractivity contribution < 1.29 is 9.59 Å². The minimum Gasteiger partial charge on any atom is -0.352 e. The molecular weight excluding hydrogens is 184 g/mol. The smallest absolute Gasteiger partial charge is 0.321 e. The summed E-state index contributed by atoms with van der Waals surface area (Å²) >= 11 is 0. The zero-order valence-corrected chi connectivity index (χ0v) is 8.65. The molecule has 1 aliphatic heterocycles. The van der Waals surface area contributed by atoms with Crippen molar-refractivity contribution in [3.05, 3.63) is 0 Å². The Balaban J connectivity index is 2.70. The molecule has 80 valence electrons. The molecule has 0 aromatic carbocycles. The number of hydrogen-bond donors (Lipinski definition) is 2. The second kappa shape index (κ2) is 3.73. The molecule has 1 fully saturated rings. The molecule has 0 aromatic rings. The summed E-state index contributed by atoms with van der Waals surface area (Å²) in [5.74, 6) is 0. The number of carbonyl (C=O) groups excluding carboxylic acids is 2. The number of rotatable bonds is 1. The zero-order valence-electron chi connectivity index (χ0n) is 8.65. The third kappa shape index (κ3) is 1.89. The van der Waals surface area contributed by atoms with Gasteiger partial charge in [-0.2, -0.15) is 0 Å². The molecule has 4 amide bonds. The van der Waals surface area contributed by atoms with Gasteiger partial charge in [0.05, 0.1) is 0 Å². The normalized spacial score (nSPS) is 27.8. The lowest BCUT2D eigenvalue weighted by atomic mass is 10.1. The monoisotopic (exact) mass is 200 g/mol. The number of amides is 4. The molecule has 0 radical (unpaired) electrons. The van der Waals surface area contributed by atoms with Crippen molar-refractivity contribution in [1.29, 1.82) is 0 Å². The predicted molar refractivity (Wildman–Crippen MR) is 51.5 cm³/mol. The lowest BCUT2D eigenvalue weighted by molar-refractivity contribution is 0.0897. The molecule has 0 aromatic heterocycles. The Morgan fingerprint density at radius 1 is 1.50 bits per heavy atom. The number of nitrogens with two attached hydrogens (primary N) is 1. The van der Waals surface area contributed by atoms with Crippen LogP contribution < -0.4 is 11.1 Å². The van der Waals surface area contributed by atoms with Gasteiger partial charge in [0.25, 0.3) is 0 Å². The van der Waals surface area contributed by atoms with E-state index in [1.54, 1.807) is 19.0 Å². The van der Waals surface area contributed by atoms with Crippen molar-refractivity contribution in [3.63, 3.8) is 0 Å². The van der Waals surface area contributed by atoms with E-state index in [9.17, 15) is 9.59 Å². The first-order valence-corrected chi connectivity index (χ1v) is 4.49. The summed E-state index contributed by atoms with van der Waals surface area (Å²) in [6.07, 6.45) is 0.382. The summed E-state index contributed by atoms with van der Waals surface area (Å²) in [6, 6.07) is -0.607. The van der Waals surface area contributed by atoms with E-state index in [0.717, 1.165) is 0 Å².